The smallest absolute Gasteiger partial charge is 0.261 e. The highest BCUT2D eigenvalue weighted by atomic mass is 79.9. The first-order valence-corrected chi connectivity index (χ1v) is 13.8. The van der Waals surface area contributed by atoms with Crippen molar-refractivity contribution < 1.29 is 14.3 Å². The van der Waals surface area contributed by atoms with Gasteiger partial charge in [-0.2, -0.15) is 0 Å². The number of nitrogens with zero attached hydrogens (tertiary/aromatic N) is 1. The second kappa shape index (κ2) is 12.9. The molecule has 0 aliphatic heterocycles. The molecule has 1 saturated carbocycles. The van der Waals surface area contributed by atoms with Gasteiger partial charge in [0.25, 0.3) is 5.91 Å². The number of hydrogen-bond acceptors (Lipinski definition) is 3. The molecule has 0 bridgehead atoms. The molecule has 0 radical (unpaired) electrons. The highest BCUT2D eigenvalue weighted by molar-refractivity contribution is 9.10. The Hall–Kier alpha value is -2.86. The van der Waals surface area contributed by atoms with Gasteiger partial charge in [-0.15, -0.1) is 0 Å². The summed E-state index contributed by atoms with van der Waals surface area (Å²) in [7, 11) is 0. The number of fused-ring (bicyclic) bond motifs is 1. The van der Waals surface area contributed by atoms with Crippen molar-refractivity contribution in [2.45, 2.75) is 64.0 Å². The van der Waals surface area contributed by atoms with E-state index in [1.54, 1.807) is 4.90 Å². The molecule has 0 heterocycles. The number of nitrogens with one attached hydrogen (secondary N) is 1. The lowest BCUT2D eigenvalue weighted by atomic mass is 9.95. The van der Waals surface area contributed by atoms with E-state index in [0.717, 1.165) is 46.5 Å². The van der Waals surface area contributed by atoms with Crippen molar-refractivity contribution in [2.24, 2.45) is 0 Å². The predicted molar refractivity (Wildman–Crippen MR) is 148 cm³/mol. The van der Waals surface area contributed by atoms with Crippen LogP contribution in [0.1, 0.15) is 51.0 Å². The number of hydrogen-bond donors (Lipinski definition) is 1. The van der Waals surface area contributed by atoms with Gasteiger partial charge in [0.15, 0.2) is 6.61 Å². The Kier molecular flexibility index (Phi) is 9.40. The first-order valence-electron chi connectivity index (χ1n) is 13.0. The van der Waals surface area contributed by atoms with Crippen LogP contribution in [0, 0.1) is 0 Å². The summed E-state index contributed by atoms with van der Waals surface area (Å²) in [6, 6.07) is 21.6. The van der Waals surface area contributed by atoms with Gasteiger partial charge in [0.2, 0.25) is 5.91 Å². The van der Waals surface area contributed by atoms with Gasteiger partial charge in [0, 0.05) is 12.6 Å². The van der Waals surface area contributed by atoms with Crippen molar-refractivity contribution in [3.05, 3.63) is 76.8 Å². The molecule has 0 saturated heterocycles. The zero-order valence-corrected chi connectivity index (χ0v) is 22.5. The van der Waals surface area contributed by atoms with Crippen LogP contribution < -0.4 is 10.1 Å². The molecule has 36 heavy (non-hydrogen) atoms. The van der Waals surface area contributed by atoms with Gasteiger partial charge in [-0.05, 0) is 64.0 Å². The molecule has 6 heteroatoms. The molecule has 0 aromatic heterocycles. The minimum Gasteiger partial charge on any atom is -0.483 e. The van der Waals surface area contributed by atoms with Crippen molar-refractivity contribution in [2.75, 3.05) is 13.2 Å². The van der Waals surface area contributed by atoms with Crippen molar-refractivity contribution in [1.29, 1.82) is 0 Å². The third-order valence-electron chi connectivity index (χ3n) is 7.00. The fourth-order valence-electron chi connectivity index (χ4n) is 4.99. The Morgan fingerprint density at radius 1 is 1.00 bits per heavy atom. The highest BCUT2D eigenvalue weighted by Crippen LogP contribution is 2.33. The van der Waals surface area contributed by atoms with Gasteiger partial charge in [-0.25, -0.2) is 0 Å². The summed E-state index contributed by atoms with van der Waals surface area (Å²) in [5.41, 5.74) is 1.14. The Morgan fingerprint density at radius 3 is 2.47 bits per heavy atom. The molecule has 1 aliphatic rings. The van der Waals surface area contributed by atoms with Gasteiger partial charge in [0.05, 0.1) is 4.47 Å². The van der Waals surface area contributed by atoms with E-state index < -0.39 is 6.04 Å². The molecule has 2 amide bonds. The van der Waals surface area contributed by atoms with E-state index in [1.165, 1.54) is 6.42 Å². The summed E-state index contributed by atoms with van der Waals surface area (Å²) in [6.45, 7) is 2.30. The van der Waals surface area contributed by atoms with Crippen LogP contribution in [-0.4, -0.2) is 41.9 Å². The summed E-state index contributed by atoms with van der Waals surface area (Å²) in [6.07, 6.45) is 6.78. The van der Waals surface area contributed by atoms with E-state index in [9.17, 15) is 9.59 Å². The maximum absolute atomic E-state index is 13.5. The number of carbonyl (C=O) groups is 2. The van der Waals surface area contributed by atoms with Crippen LogP contribution >= 0.6 is 15.9 Å². The summed E-state index contributed by atoms with van der Waals surface area (Å²) in [5.74, 6) is 0.374. The largest absolute Gasteiger partial charge is 0.483 e. The lowest BCUT2D eigenvalue weighted by Gasteiger charge is -2.32. The molecule has 4 rings (SSSR count). The molecule has 1 aliphatic carbocycles. The number of halogens is 1. The fraction of sp³-hybridized carbons (Fsp3) is 0.400. The van der Waals surface area contributed by atoms with Gasteiger partial charge in [0.1, 0.15) is 11.8 Å². The Balaban J connectivity index is 1.48. The van der Waals surface area contributed by atoms with Crippen LogP contribution in [0.4, 0.5) is 0 Å². The molecular weight excluding hydrogens is 516 g/mol. The zero-order chi connectivity index (χ0) is 25.3. The predicted octanol–water partition coefficient (Wildman–Crippen LogP) is 6.28. The summed E-state index contributed by atoms with van der Waals surface area (Å²) >= 11 is 3.64. The minimum absolute atomic E-state index is 0.0577. The van der Waals surface area contributed by atoms with Crippen LogP contribution in [0.25, 0.3) is 10.8 Å². The molecule has 1 fully saturated rings. The molecule has 3 aromatic carbocycles. The fourth-order valence-corrected chi connectivity index (χ4v) is 5.60. The van der Waals surface area contributed by atoms with Gasteiger partial charge in [-0.3, -0.25) is 9.59 Å². The van der Waals surface area contributed by atoms with Crippen molar-refractivity contribution in [3.63, 3.8) is 0 Å². The second-order valence-corrected chi connectivity index (χ2v) is 10.3. The maximum atomic E-state index is 13.5. The van der Waals surface area contributed by atoms with Crippen molar-refractivity contribution in [1.82, 2.24) is 10.2 Å². The number of rotatable bonds is 10. The van der Waals surface area contributed by atoms with Gasteiger partial charge in [-0.1, -0.05) is 86.8 Å². The molecule has 1 N–H and O–H groups in total. The average molecular weight is 552 g/mol. The number of ether oxygens (including phenoxy) is 1. The Labute approximate surface area is 222 Å². The lowest BCUT2D eigenvalue weighted by molar-refractivity contribution is -0.142. The van der Waals surface area contributed by atoms with Crippen LogP contribution in [0.3, 0.4) is 0 Å². The van der Waals surface area contributed by atoms with Crippen LogP contribution in [0.2, 0.25) is 0 Å². The number of benzene rings is 3. The molecule has 5 nitrogen and oxygen atoms in total. The SMILES string of the molecule is CC[C@H](C(=O)NC1CCCCC1)N(CCc1ccccc1)C(=O)COc1ccc2ccccc2c1Br. The number of carbonyl (C=O) groups excluding carboxylic acids is 2. The minimum atomic E-state index is -0.521. The van der Waals surface area contributed by atoms with Crippen molar-refractivity contribution in [3.8, 4) is 5.75 Å². The molecule has 3 aromatic rings. The maximum Gasteiger partial charge on any atom is 0.261 e. The zero-order valence-electron chi connectivity index (χ0n) is 20.9. The standard InChI is InChI=1S/C30H35BrN2O3/c1-2-26(30(35)32-24-14-7-4-8-15-24)33(20-19-22-11-5-3-6-12-22)28(34)21-36-27-18-17-23-13-9-10-16-25(23)29(27)31/h3,5-6,9-13,16-18,24,26H,2,4,7-8,14-15,19-21H2,1H3,(H,32,35)/t26-/m1/s1. The second-order valence-electron chi connectivity index (χ2n) is 9.48. The molecule has 1 atom stereocenters. The third-order valence-corrected chi connectivity index (χ3v) is 7.82. The van der Waals surface area contributed by atoms with E-state index >= 15 is 0 Å². The first-order chi connectivity index (χ1) is 17.6. The number of amides is 2. The third kappa shape index (κ3) is 6.67. The summed E-state index contributed by atoms with van der Waals surface area (Å²) < 4.78 is 6.82. The lowest BCUT2D eigenvalue weighted by Crippen LogP contribution is -2.53. The monoisotopic (exact) mass is 550 g/mol. The van der Waals surface area contributed by atoms with Crippen LogP contribution in [-0.2, 0) is 16.0 Å². The summed E-state index contributed by atoms with van der Waals surface area (Å²) in [5, 5.41) is 5.35. The van der Waals surface area contributed by atoms with E-state index in [1.807, 2.05) is 73.7 Å². The Morgan fingerprint density at radius 2 is 1.72 bits per heavy atom. The van der Waals surface area contributed by atoms with Gasteiger partial charge >= 0.3 is 0 Å². The summed E-state index contributed by atoms with van der Waals surface area (Å²) in [4.78, 5) is 28.5. The van der Waals surface area contributed by atoms with E-state index in [0.29, 0.717) is 25.1 Å². The molecular formula is C30H35BrN2O3. The van der Waals surface area contributed by atoms with Crippen molar-refractivity contribution >= 4 is 38.5 Å². The first kappa shape index (κ1) is 26.2. The van der Waals surface area contributed by atoms with E-state index in [4.69, 9.17) is 4.74 Å². The van der Waals surface area contributed by atoms with Gasteiger partial charge < -0.3 is 15.0 Å². The molecule has 0 unspecified atom stereocenters. The van der Waals surface area contributed by atoms with Crippen LogP contribution in [0.5, 0.6) is 5.75 Å². The van der Waals surface area contributed by atoms with E-state index in [-0.39, 0.29) is 24.5 Å². The topological polar surface area (TPSA) is 58.6 Å². The Bertz CT molecular complexity index is 1160. The van der Waals surface area contributed by atoms with E-state index in [2.05, 4.69) is 21.2 Å². The normalized spacial score (nSPS) is 14.8. The van der Waals surface area contributed by atoms with Crippen LogP contribution in [0.15, 0.2) is 71.2 Å². The highest BCUT2D eigenvalue weighted by Gasteiger charge is 2.30. The average Bonchev–Trinajstić information content (AvgIpc) is 2.91. The molecule has 190 valence electrons. The quantitative estimate of drug-likeness (QED) is 0.323. The molecule has 0 spiro atoms.